The lowest BCUT2D eigenvalue weighted by Gasteiger charge is -2.34. The zero-order chi connectivity index (χ0) is 21.5. The van der Waals surface area contributed by atoms with E-state index < -0.39 is 16.4 Å². The van der Waals surface area contributed by atoms with Gasteiger partial charge in [-0.05, 0) is 68.4 Å². The number of alkyl halides is 2. The summed E-state index contributed by atoms with van der Waals surface area (Å²) in [5, 5.41) is 0.576. The predicted molar refractivity (Wildman–Crippen MR) is 112 cm³/mol. The summed E-state index contributed by atoms with van der Waals surface area (Å²) in [6.07, 6.45) is 0.537. The molecule has 1 aromatic carbocycles. The van der Waals surface area contributed by atoms with Crippen LogP contribution in [0.5, 0.6) is 0 Å². The van der Waals surface area contributed by atoms with E-state index in [0.717, 1.165) is 37.1 Å². The first-order chi connectivity index (χ1) is 14.3. The van der Waals surface area contributed by atoms with Crippen LogP contribution in [0.3, 0.4) is 0 Å². The van der Waals surface area contributed by atoms with Crippen molar-refractivity contribution in [1.29, 1.82) is 0 Å². The molecule has 0 unspecified atom stereocenters. The minimum Gasteiger partial charge on any atom is -0.338 e. The van der Waals surface area contributed by atoms with Gasteiger partial charge in [-0.25, -0.2) is 22.2 Å². The van der Waals surface area contributed by atoms with Crippen molar-refractivity contribution >= 4 is 21.1 Å². The maximum Gasteiger partial charge on any atom is 0.278 e. The Bertz CT molecular complexity index is 1140. The zero-order valence-electron chi connectivity index (χ0n) is 16.8. The molecule has 1 fully saturated rings. The first-order valence-electron chi connectivity index (χ1n) is 9.80. The summed E-state index contributed by atoms with van der Waals surface area (Å²) in [5.74, 6) is 0. The van der Waals surface area contributed by atoms with E-state index in [1.165, 1.54) is 10.4 Å². The van der Waals surface area contributed by atoms with Crippen LogP contribution in [-0.2, 0) is 10.0 Å². The molecular weight excluding hydrogens is 410 g/mol. The van der Waals surface area contributed by atoms with Gasteiger partial charge in [-0.2, -0.15) is 4.31 Å². The average Bonchev–Trinajstić information content (AvgIpc) is 3.19. The summed E-state index contributed by atoms with van der Waals surface area (Å²) < 4.78 is 53.7. The van der Waals surface area contributed by atoms with Crippen LogP contribution in [0, 0.1) is 0 Å². The number of halogens is 2. The van der Waals surface area contributed by atoms with Crippen LogP contribution in [-0.4, -0.2) is 60.8 Å². The van der Waals surface area contributed by atoms with Crippen LogP contribution in [0.15, 0.2) is 47.5 Å². The maximum absolute atomic E-state index is 13.1. The van der Waals surface area contributed by atoms with Crippen LogP contribution >= 0.6 is 0 Å². The zero-order valence-corrected chi connectivity index (χ0v) is 17.7. The third-order valence-corrected chi connectivity index (χ3v) is 7.76. The highest BCUT2D eigenvalue weighted by Crippen LogP contribution is 2.32. The molecule has 0 spiro atoms. The van der Waals surface area contributed by atoms with Gasteiger partial charge in [0.15, 0.2) is 0 Å². The van der Waals surface area contributed by atoms with Gasteiger partial charge in [0, 0.05) is 24.7 Å². The van der Waals surface area contributed by atoms with Gasteiger partial charge < -0.3 is 9.88 Å². The summed E-state index contributed by atoms with van der Waals surface area (Å²) in [6, 6.07) is 9.67. The molecule has 3 heterocycles. The molecule has 30 heavy (non-hydrogen) atoms. The molecule has 160 valence electrons. The van der Waals surface area contributed by atoms with Crippen molar-refractivity contribution in [3.63, 3.8) is 0 Å². The minimum absolute atomic E-state index is 0.0154. The topological polar surface area (TPSA) is 69.3 Å². The van der Waals surface area contributed by atoms with Gasteiger partial charge >= 0.3 is 0 Å². The second-order valence-corrected chi connectivity index (χ2v) is 9.72. The molecule has 1 saturated heterocycles. The predicted octanol–water partition coefficient (Wildman–Crippen LogP) is 3.88. The van der Waals surface area contributed by atoms with E-state index >= 15 is 0 Å². The van der Waals surface area contributed by atoms with Crippen molar-refractivity contribution < 1.29 is 17.2 Å². The Hall–Kier alpha value is -2.36. The van der Waals surface area contributed by atoms with Gasteiger partial charge in [0.05, 0.1) is 10.6 Å². The van der Waals surface area contributed by atoms with Crippen LogP contribution in [0.1, 0.15) is 25.0 Å². The molecule has 1 aliphatic heterocycles. The lowest BCUT2D eigenvalue weighted by Crippen LogP contribution is -2.44. The number of hydrogen-bond acceptors (Lipinski definition) is 4. The number of nitrogens with zero attached hydrogens (tertiary/aromatic N) is 3. The smallest absolute Gasteiger partial charge is 0.278 e. The lowest BCUT2D eigenvalue weighted by molar-refractivity contribution is 0.147. The van der Waals surface area contributed by atoms with Crippen molar-refractivity contribution in [2.45, 2.75) is 30.2 Å². The molecule has 9 heteroatoms. The van der Waals surface area contributed by atoms with E-state index in [4.69, 9.17) is 0 Å². The number of likely N-dealkylation sites (tertiary alicyclic amines) is 1. The van der Waals surface area contributed by atoms with E-state index in [1.54, 1.807) is 43.6 Å². The molecule has 0 radical (unpaired) electrons. The van der Waals surface area contributed by atoms with Crippen molar-refractivity contribution in [1.82, 2.24) is 19.2 Å². The van der Waals surface area contributed by atoms with Crippen LogP contribution in [0.4, 0.5) is 8.78 Å². The first kappa shape index (κ1) is 20.9. The molecule has 4 rings (SSSR count). The van der Waals surface area contributed by atoms with Crippen LogP contribution < -0.4 is 0 Å². The fourth-order valence-corrected chi connectivity index (χ4v) is 5.36. The Morgan fingerprint density at radius 1 is 1.17 bits per heavy atom. The van der Waals surface area contributed by atoms with E-state index in [9.17, 15) is 17.2 Å². The second-order valence-electron chi connectivity index (χ2n) is 7.73. The fourth-order valence-electron chi connectivity index (χ4n) is 3.94. The summed E-state index contributed by atoms with van der Waals surface area (Å²) in [4.78, 5) is 9.16. The Balaban J connectivity index is 1.62. The summed E-state index contributed by atoms with van der Waals surface area (Å²) in [6.45, 7) is 1.75. The van der Waals surface area contributed by atoms with Crippen molar-refractivity contribution in [2.75, 3.05) is 27.2 Å². The number of aromatic nitrogens is 2. The molecule has 3 aromatic rings. The Morgan fingerprint density at radius 2 is 1.83 bits per heavy atom. The molecule has 2 aromatic heterocycles. The molecule has 0 bridgehead atoms. The highest BCUT2D eigenvalue weighted by Gasteiger charge is 2.30. The number of aromatic amines is 1. The molecule has 0 saturated carbocycles. The van der Waals surface area contributed by atoms with Crippen LogP contribution in [0.25, 0.3) is 22.2 Å². The highest BCUT2D eigenvalue weighted by molar-refractivity contribution is 7.89. The number of pyridine rings is 1. The number of H-pyrrole nitrogens is 1. The summed E-state index contributed by atoms with van der Waals surface area (Å²) in [5.41, 5.74) is 1.64. The number of hydrogen-bond donors (Lipinski definition) is 1. The summed E-state index contributed by atoms with van der Waals surface area (Å²) in [7, 11) is 0.0647. The van der Waals surface area contributed by atoms with Crippen molar-refractivity contribution in [2.24, 2.45) is 0 Å². The molecule has 0 aliphatic carbocycles. The van der Waals surface area contributed by atoms with Gasteiger partial charge in [0.25, 0.3) is 6.43 Å². The number of rotatable bonds is 5. The van der Waals surface area contributed by atoms with Gasteiger partial charge in [-0.3, -0.25) is 0 Å². The highest BCUT2D eigenvalue weighted by atomic mass is 32.2. The standard InChI is InChI=1S/C21H24F2N4O2S/c1-26-11-8-15(9-12-26)27(2)30(28,29)16-5-3-14(4-6-16)17-7-10-24-21-18(17)13-19(25-21)20(22)23/h3-7,10,13,15,20H,8-9,11-12H2,1-2H3,(H,24,25). The molecule has 0 atom stereocenters. The Morgan fingerprint density at radius 3 is 2.47 bits per heavy atom. The van der Waals surface area contributed by atoms with Gasteiger partial charge in [0.2, 0.25) is 10.0 Å². The van der Waals surface area contributed by atoms with Gasteiger partial charge in [0.1, 0.15) is 5.65 Å². The quantitative estimate of drug-likeness (QED) is 0.662. The number of fused-ring (bicyclic) bond motifs is 1. The van der Waals surface area contributed by atoms with Gasteiger partial charge in [-0.1, -0.05) is 12.1 Å². The molecule has 1 N–H and O–H groups in total. The van der Waals surface area contributed by atoms with Crippen molar-refractivity contribution in [3.8, 4) is 11.1 Å². The normalized spacial score (nSPS) is 16.7. The average molecular weight is 435 g/mol. The first-order valence-corrected chi connectivity index (χ1v) is 11.2. The van der Waals surface area contributed by atoms with Crippen molar-refractivity contribution in [3.05, 3.63) is 48.3 Å². The molecule has 1 aliphatic rings. The third kappa shape index (κ3) is 3.84. The van der Waals surface area contributed by atoms with E-state index in [2.05, 4.69) is 14.9 Å². The Labute approximate surface area is 174 Å². The molecular formula is C21H24F2N4O2S. The van der Waals surface area contributed by atoms with Crippen LogP contribution in [0.2, 0.25) is 0 Å². The molecule has 6 nitrogen and oxygen atoms in total. The number of piperidine rings is 1. The molecule has 0 amide bonds. The summed E-state index contributed by atoms with van der Waals surface area (Å²) >= 11 is 0. The Kier molecular flexibility index (Phi) is 5.61. The second kappa shape index (κ2) is 8.05. The van der Waals surface area contributed by atoms with E-state index in [-0.39, 0.29) is 16.6 Å². The number of benzene rings is 1. The third-order valence-electron chi connectivity index (χ3n) is 5.83. The lowest BCUT2D eigenvalue weighted by atomic mass is 10.0. The largest absolute Gasteiger partial charge is 0.338 e. The monoisotopic (exact) mass is 434 g/mol. The maximum atomic E-state index is 13.1. The van der Waals surface area contributed by atoms with E-state index in [0.29, 0.717) is 11.0 Å². The van der Waals surface area contributed by atoms with E-state index in [1.807, 2.05) is 7.05 Å². The number of sulfonamides is 1. The fraction of sp³-hybridized carbons (Fsp3) is 0.381. The SMILES string of the molecule is CN1CCC(N(C)S(=O)(=O)c2ccc(-c3ccnc4[nH]c(C(F)F)cc34)cc2)CC1. The number of nitrogens with one attached hydrogen (secondary N) is 1. The minimum atomic E-state index is -3.61. The van der Waals surface area contributed by atoms with Gasteiger partial charge in [-0.15, -0.1) is 0 Å².